The molecule has 2 aromatic rings. The van der Waals surface area contributed by atoms with E-state index in [1.54, 1.807) is 10.6 Å². The molecule has 0 radical (unpaired) electrons. The summed E-state index contributed by atoms with van der Waals surface area (Å²) < 4.78 is 7.10. The first-order chi connectivity index (χ1) is 12.4. The number of nitrogens with zero attached hydrogens (tertiary/aromatic N) is 4. The number of carbonyl (C=O) groups excluding carboxylic acids is 1. The number of aromatic nitrogens is 3. The van der Waals surface area contributed by atoms with E-state index in [-0.39, 0.29) is 6.04 Å². The predicted octanol–water partition coefficient (Wildman–Crippen LogP) is 4.43. The molecule has 0 bridgehead atoms. The van der Waals surface area contributed by atoms with Crippen molar-refractivity contribution in [3.05, 3.63) is 35.6 Å². The van der Waals surface area contributed by atoms with Crippen molar-refractivity contribution in [3.63, 3.8) is 0 Å². The Morgan fingerprint density at radius 2 is 2.12 bits per heavy atom. The maximum atomic E-state index is 12.4. The second-order valence-electron chi connectivity index (χ2n) is 7.82. The average Bonchev–Trinajstić information content (AvgIpc) is 3.01. The summed E-state index contributed by atoms with van der Waals surface area (Å²) in [6.07, 6.45) is 8.57. The molecule has 7 nitrogen and oxygen atoms in total. The van der Waals surface area contributed by atoms with Crippen LogP contribution in [0.5, 0.6) is 0 Å². The van der Waals surface area contributed by atoms with E-state index >= 15 is 0 Å². The minimum absolute atomic E-state index is 0.219. The van der Waals surface area contributed by atoms with Crippen LogP contribution in [0.15, 0.2) is 18.5 Å². The van der Waals surface area contributed by atoms with Gasteiger partial charge in [-0.05, 0) is 45.6 Å². The van der Waals surface area contributed by atoms with Crippen molar-refractivity contribution in [1.29, 1.82) is 0 Å². The van der Waals surface area contributed by atoms with E-state index in [1.807, 2.05) is 27.0 Å². The molecule has 2 heterocycles. The monoisotopic (exact) mass is 355 g/mol. The van der Waals surface area contributed by atoms with Gasteiger partial charge in [0.05, 0.1) is 30.7 Å². The maximum absolute atomic E-state index is 12.4. The van der Waals surface area contributed by atoms with Gasteiger partial charge in [0.1, 0.15) is 11.2 Å². The Labute approximate surface area is 153 Å². The van der Waals surface area contributed by atoms with Crippen LogP contribution in [0.25, 0.3) is 10.5 Å². The third-order valence-corrected chi connectivity index (χ3v) is 4.57. The van der Waals surface area contributed by atoms with Crippen LogP contribution in [0.3, 0.4) is 0 Å². The van der Waals surface area contributed by atoms with Gasteiger partial charge in [0.2, 0.25) is 5.69 Å². The molecule has 1 fully saturated rings. The molecule has 1 aliphatic carbocycles. The van der Waals surface area contributed by atoms with Crippen LogP contribution < -0.4 is 5.32 Å². The average molecular weight is 355 g/mol. The molecule has 2 aromatic heterocycles. The van der Waals surface area contributed by atoms with Crippen molar-refractivity contribution in [1.82, 2.24) is 19.9 Å². The van der Waals surface area contributed by atoms with Gasteiger partial charge < -0.3 is 10.1 Å². The van der Waals surface area contributed by atoms with E-state index in [2.05, 4.69) is 20.2 Å². The van der Waals surface area contributed by atoms with E-state index in [0.29, 0.717) is 17.3 Å². The van der Waals surface area contributed by atoms with Crippen LogP contribution in [-0.4, -0.2) is 26.3 Å². The highest BCUT2D eigenvalue weighted by atomic mass is 16.6. The molecule has 0 saturated heterocycles. The Bertz CT molecular complexity index is 825. The van der Waals surface area contributed by atoms with E-state index < -0.39 is 11.7 Å². The number of hydrogen-bond acceptors (Lipinski definition) is 4. The lowest BCUT2D eigenvalue weighted by Crippen LogP contribution is -2.38. The highest BCUT2D eigenvalue weighted by Gasteiger charge is 2.30. The molecule has 0 unspecified atom stereocenters. The van der Waals surface area contributed by atoms with Crippen molar-refractivity contribution < 1.29 is 9.53 Å². The number of alkyl carbamates (subject to hydrolysis) is 1. The van der Waals surface area contributed by atoms with Gasteiger partial charge in [0.15, 0.2) is 0 Å². The van der Waals surface area contributed by atoms with E-state index in [9.17, 15) is 4.79 Å². The summed E-state index contributed by atoms with van der Waals surface area (Å²) in [5.74, 6) is 0.321. The lowest BCUT2D eigenvalue weighted by Gasteiger charge is -2.30. The molecule has 7 heteroatoms. The number of ether oxygens (including phenoxy) is 1. The van der Waals surface area contributed by atoms with Gasteiger partial charge in [-0.1, -0.05) is 19.3 Å². The molecule has 0 aliphatic heterocycles. The summed E-state index contributed by atoms with van der Waals surface area (Å²) in [6, 6.07) is 1.48. The van der Waals surface area contributed by atoms with Gasteiger partial charge in [-0.15, -0.1) is 0 Å². The predicted molar refractivity (Wildman–Crippen MR) is 97.9 cm³/mol. The van der Waals surface area contributed by atoms with E-state index in [0.717, 1.165) is 31.4 Å². The summed E-state index contributed by atoms with van der Waals surface area (Å²) in [6.45, 7) is 12.7. The quantitative estimate of drug-likeness (QED) is 0.827. The van der Waals surface area contributed by atoms with Gasteiger partial charge in [-0.3, -0.25) is 0 Å². The second-order valence-corrected chi connectivity index (χ2v) is 7.82. The molecule has 0 spiro atoms. The fraction of sp³-hybridized carbons (Fsp3) is 0.579. The first-order valence-corrected chi connectivity index (χ1v) is 9.08. The SMILES string of the molecule is [C-]#[N+]c1cnn2cc([C@@H](NC(=O)OC(C)(C)C)C3CCCCC3)nc2c1. The third kappa shape index (κ3) is 4.31. The molecule has 1 N–H and O–H groups in total. The molecule has 1 amide bonds. The van der Waals surface area contributed by atoms with Crippen molar-refractivity contribution in [2.45, 2.75) is 64.5 Å². The Morgan fingerprint density at radius 1 is 1.38 bits per heavy atom. The molecular formula is C19H25N5O2. The lowest BCUT2D eigenvalue weighted by molar-refractivity contribution is 0.0474. The van der Waals surface area contributed by atoms with Crippen LogP contribution in [0.4, 0.5) is 10.5 Å². The zero-order valence-electron chi connectivity index (χ0n) is 15.5. The Morgan fingerprint density at radius 3 is 2.77 bits per heavy atom. The van der Waals surface area contributed by atoms with Crippen molar-refractivity contribution >= 4 is 17.4 Å². The minimum Gasteiger partial charge on any atom is -0.444 e. The van der Waals surface area contributed by atoms with Gasteiger partial charge >= 0.3 is 6.09 Å². The number of rotatable bonds is 3. The Balaban J connectivity index is 1.89. The van der Waals surface area contributed by atoms with Crippen LogP contribution in [-0.2, 0) is 4.74 Å². The number of nitrogens with one attached hydrogen (secondary N) is 1. The van der Waals surface area contributed by atoms with Crippen LogP contribution >= 0.6 is 0 Å². The molecule has 1 atom stereocenters. The van der Waals surface area contributed by atoms with Crippen molar-refractivity contribution in [2.24, 2.45) is 5.92 Å². The summed E-state index contributed by atoms with van der Waals surface area (Å²) in [7, 11) is 0. The number of amides is 1. The lowest BCUT2D eigenvalue weighted by atomic mass is 9.83. The second kappa shape index (κ2) is 7.32. The number of hydrogen-bond donors (Lipinski definition) is 1. The highest BCUT2D eigenvalue weighted by Crippen LogP contribution is 2.34. The van der Waals surface area contributed by atoms with Gasteiger partial charge in [0.25, 0.3) is 0 Å². The van der Waals surface area contributed by atoms with Crippen molar-refractivity contribution in [3.8, 4) is 0 Å². The Hall–Kier alpha value is -2.62. The topological polar surface area (TPSA) is 72.9 Å². The molecular weight excluding hydrogens is 330 g/mol. The normalized spacial score (nSPS) is 16.8. The standard InChI is InChI=1S/C19H25N5O2/c1-19(2,3)26-18(25)23-17(13-8-6-5-7-9-13)15-12-24-16(22-15)10-14(20-4)11-21-24/h10-13,17H,5-9H2,1-3H3,(H,23,25)/t17-/m0/s1. The molecule has 138 valence electrons. The fourth-order valence-electron chi connectivity index (χ4n) is 3.43. The largest absolute Gasteiger partial charge is 0.444 e. The summed E-state index contributed by atoms with van der Waals surface area (Å²) >= 11 is 0. The first-order valence-electron chi connectivity index (χ1n) is 9.08. The van der Waals surface area contributed by atoms with Crippen LogP contribution in [0.2, 0.25) is 0 Å². The zero-order valence-corrected chi connectivity index (χ0v) is 15.5. The first kappa shape index (κ1) is 18.2. The van der Waals surface area contributed by atoms with Gasteiger partial charge in [-0.2, -0.15) is 5.10 Å². The number of carbonyl (C=O) groups is 1. The van der Waals surface area contributed by atoms with E-state index in [1.165, 1.54) is 12.6 Å². The van der Waals surface area contributed by atoms with Gasteiger partial charge in [0, 0.05) is 0 Å². The van der Waals surface area contributed by atoms with Crippen LogP contribution in [0, 0.1) is 12.5 Å². The molecule has 1 aliphatic rings. The molecule has 26 heavy (non-hydrogen) atoms. The minimum atomic E-state index is -0.549. The zero-order chi connectivity index (χ0) is 18.7. The van der Waals surface area contributed by atoms with Gasteiger partial charge in [-0.25, -0.2) is 19.1 Å². The fourth-order valence-corrected chi connectivity index (χ4v) is 3.43. The summed E-state index contributed by atoms with van der Waals surface area (Å²) in [4.78, 5) is 20.4. The highest BCUT2D eigenvalue weighted by molar-refractivity contribution is 5.68. The number of fused-ring (bicyclic) bond motifs is 1. The summed E-state index contributed by atoms with van der Waals surface area (Å²) in [5, 5.41) is 7.26. The molecule has 1 saturated carbocycles. The molecule has 3 rings (SSSR count). The van der Waals surface area contributed by atoms with E-state index in [4.69, 9.17) is 11.3 Å². The maximum Gasteiger partial charge on any atom is 0.408 e. The molecule has 0 aromatic carbocycles. The van der Waals surface area contributed by atoms with Crippen LogP contribution in [0.1, 0.15) is 64.6 Å². The third-order valence-electron chi connectivity index (χ3n) is 4.57. The van der Waals surface area contributed by atoms with Crippen molar-refractivity contribution in [2.75, 3.05) is 0 Å². The number of imidazole rings is 1. The Kier molecular flexibility index (Phi) is 5.12. The summed E-state index contributed by atoms with van der Waals surface area (Å²) in [5.41, 5.74) is 1.27. The smallest absolute Gasteiger partial charge is 0.408 e.